The van der Waals surface area contributed by atoms with E-state index in [0.29, 0.717) is 23.7 Å². The molecule has 2 aromatic heterocycles. The van der Waals surface area contributed by atoms with Crippen LogP contribution in [0.25, 0.3) is 5.52 Å². The number of esters is 1. The summed E-state index contributed by atoms with van der Waals surface area (Å²) in [5.41, 5.74) is 6.13. The number of hydrogen-bond acceptors (Lipinski definition) is 12. The fraction of sp³-hybridized carbons (Fsp3) is 0.562. The van der Waals surface area contributed by atoms with E-state index in [-0.39, 0.29) is 23.6 Å². The second-order valence-corrected chi connectivity index (χ2v) is 15.5. The molecule has 0 bridgehead atoms. The van der Waals surface area contributed by atoms with Gasteiger partial charge in [-0.15, -0.1) is 0 Å². The lowest BCUT2D eigenvalue weighted by atomic mass is 9.87. The Balaban J connectivity index is 1.27. The maximum Gasteiger partial charge on any atom is 0.459 e. The van der Waals surface area contributed by atoms with Crippen LogP contribution in [0, 0.1) is 17.2 Å². The van der Waals surface area contributed by atoms with Crippen molar-refractivity contribution in [1.29, 1.82) is 5.26 Å². The molecule has 0 spiro atoms. The SMILES string of the molecule is C[C@H](NP(=O)(OC[C@H]1O[C@@](C#N)(c2ccc3c(N)ncnn23)[C@@H]2OC(C)(C)O[C@@H]21)Oc1ccc(C(C)(C)C)cc1)C(=O)OCC1CC1. The third-order valence-electron chi connectivity index (χ3n) is 8.48. The highest BCUT2D eigenvalue weighted by Crippen LogP contribution is 2.51. The van der Waals surface area contributed by atoms with Crippen LogP contribution < -0.4 is 15.3 Å². The van der Waals surface area contributed by atoms with E-state index < -0.39 is 49.5 Å². The van der Waals surface area contributed by atoms with Gasteiger partial charge in [0, 0.05) is 0 Å². The van der Waals surface area contributed by atoms with E-state index in [2.05, 4.69) is 42.0 Å². The van der Waals surface area contributed by atoms with E-state index in [9.17, 15) is 14.6 Å². The Labute approximate surface area is 273 Å². The number of benzene rings is 1. The van der Waals surface area contributed by atoms with Crippen molar-refractivity contribution in [2.75, 3.05) is 18.9 Å². The van der Waals surface area contributed by atoms with Crippen molar-refractivity contribution in [1.82, 2.24) is 19.7 Å². The molecule has 0 amide bonds. The minimum atomic E-state index is -4.27. The fourth-order valence-corrected chi connectivity index (χ4v) is 7.28. The molecule has 2 aliphatic heterocycles. The molecule has 47 heavy (non-hydrogen) atoms. The number of nitriles is 1. The average molecular weight is 669 g/mol. The molecule has 15 heteroatoms. The normalized spacial score (nSPS) is 27.1. The molecular weight excluding hydrogens is 627 g/mol. The third kappa shape index (κ3) is 6.74. The highest BCUT2D eigenvalue weighted by atomic mass is 31.2. The third-order valence-corrected chi connectivity index (χ3v) is 10.1. The molecule has 1 aromatic carbocycles. The minimum Gasteiger partial charge on any atom is -0.464 e. The summed E-state index contributed by atoms with van der Waals surface area (Å²) < 4.78 is 52.1. The molecule has 3 fully saturated rings. The summed E-state index contributed by atoms with van der Waals surface area (Å²) in [6.07, 6.45) is 0.629. The van der Waals surface area contributed by atoms with Gasteiger partial charge in [-0.2, -0.15) is 15.4 Å². The van der Waals surface area contributed by atoms with E-state index >= 15 is 0 Å². The molecule has 1 aliphatic carbocycles. The van der Waals surface area contributed by atoms with Crippen LogP contribution in [0.15, 0.2) is 42.7 Å². The lowest BCUT2D eigenvalue weighted by molar-refractivity contribution is -0.204. The second-order valence-electron chi connectivity index (χ2n) is 13.8. The van der Waals surface area contributed by atoms with Crippen LogP contribution in [0.5, 0.6) is 5.75 Å². The summed E-state index contributed by atoms with van der Waals surface area (Å²) in [5, 5.41) is 17.7. The van der Waals surface area contributed by atoms with Crippen LogP contribution in [0.4, 0.5) is 5.82 Å². The molecule has 0 radical (unpaired) electrons. The summed E-state index contributed by atoms with van der Waals surface area (Å²) in [5.74, 6) is -0.806. The lowest BCUT2D eigenvalue weighted by Crippen LogP contribution is -2.40. The van der Waals surface area contributed by atoms with Crippen molar-refractivity contribution in [3.63, 3.8) is 0 Å². The van der Waals surface area contributed by atoms with E-state index in [0.717, 1.165) is 18.4 Å². The van der Waals surface area contributed by atoms with Gasteiger partial charge in [0.05, 0.1) is 18.9 Å². The number of nitrogen functional groups attached to an aromatic ring is 1. The van der Waals surface area contributed by atoms with Gasteiger partial charge in [0.25, 0.3) is 0 Å². The van der Waals surface area contributed by atoms with Crippen molar-refractivity contribution in [2.45, 2.75) is 95.5 Å². The molecule has 6 rings (SSSR count). The first-order valence-electron chi connectivity index (χ1n) is 15.7. The van der Waals surface area contributed by atoms with E-state index in [1.54, 1.807) is 38.1 Å². The van der Waals surface area contributed by atoms with Crippen molar-refractivity contribution in [2.24, 2.45) is 5.92 Å². The Hall–Kier alpha value is -3.57. The zero-order valence-electron chi connectivity index (χ0n) is 27.3. The van der Waals surface area contributed by atoms with Gasteiger partial charge < -0.3 is 29.2 Å². The molecule has 6 atom stereocenters. The number of carbonyl (C=O) groups is 1. The maximum absolute atomic E-state index is 14.4. The van der Waals surface area contributed by atoms with Crippen molar-refractivity contribution >= 4 is 25.1 Å². The number of nitrogens with two attached hydrogens (primary N) is 1. The number of rotatable bonds is 11. The summed E-state index contributed by atoms with van der Waals surface area (Å²) in [7, 11) is -4.27. The Morgan fingerprint density at radius 2 is 1.89 bits per heavy atom. The smallest absolute Gasteiger partial charge is 0.459 e. The van der Waals surface area contributed by atoms with Crippen molar-refractivity contribution in [3.05, 3.63) is 54.0 Å². The van der Waals surface area contributed by atoms with Gasteiger partial charge >= 0.3 is 13.7 Å². The van der Waals surface area contributed by atoms with Crippen LogP contribution in [0.3, 0.4) is 0 Å². The van der Waals surface area contributed by atoms with Gasteiger partial charge in [-0.05, 0) is 74.8 Å². The van der Waals surface area contributed by atoms with Gasteiger partial charge in [-0.3, -0.25) is 9.32 Å². The highest BCUT2D eigenvalue weighted by molar-refractivity contribution is 7.52. The van der Waals surface area contributed by atoms with Gasteiger partial charge in [0.2, 0.25) is 5.60 Å². The number of ether oxygens (including phenoxy) is 4. The topological polar surface area (TPSA) is 182 Å². The van der Waals surface area contributed by atoms with Gasteiger partial charge in [0.15, 0.2) is 11.6 Å². The van der Waals surface area contributed by atoms with Gasteiger partial charge in [0.1, 0.15) is 48.0 Å². The number of nitrogens with zero attached hydrogens (tertiary/aromatic N) is 4. The van der Waals surface area contributed by atoms with Crippen LogP contribution in [0.1, 0.15) is 65.6 Å². The standard InChI is InChI=1S/C32H41N6O8P/c1-19(29(39)41-15-20-7-8-20)37-47(40,46-22-11-9-21(10-12-22)30(2,3)4)42-16-24-26-27(45-31(5,6)44-26)32(17-33,43-24)25-14-13-23-28(34)35-18-36-38(23)25/h9-14,18-20,24,26-27H,7-8,15-16H2,1-6H3,(H,37,40)(H2,34,35,36)/t19-,24+,26+,27+,32-,47?/m0/s1. The monoisotopic (exact) mass is 668 g/mol. The highest BCUT2D eigenvalue weighted by Gasteiger charge is 2.65. The lowest BCUT2D eigenvalue weighted by Gasteiger charge is -2.29. The quantitative estimate of drug-likeness (QED) is 0.217. The summed E-state index contributed by atoms with van der Waals surface area (Å²) >= 11 is 0. The molecule has 1 saturated carbocycles. The number of nitrogens with one attached hydrogen (secondary N) is 1. The molecule has 1 unspecified atom stereocenters. The number of fused-ring (bicyclic) bond motifs is 2. The first-order valence-corrected chi connectivity index (χ1v) is 17.2. The maximum atomic E-state index is 14.4. The summed E-state index contributed by atoms with van der Waals surface area (Å²) in [4.78, 5) is 16.8. The summed E-state index contributed by atoms with van der Waals surface area (Å²) in [6.45, 7) is 11.2. The molecule has 252 valence electrons. The predicted octanol–water partition coefficient (Wildman–Crippen LogP) is 4.38. The average Bonchev–Trinajstić information content (AvgIpc) is 3.54. The first-order chi connectivity index (χ1) is 22.1. The zero-order valence-corrected chi connectivity index (χ0v) is 28.2. The number of hydrogen-bond donors (Lipinski definition) is 2. The largest absolute Gasteiger partial charge is 0.464 e. The van der Waals surface area contributed by atoms with Crippen LogP contribution in [0.2, 0.25) is 0 Å². The van der Waals surface area contributed by atoms with E-state index in [1.165, 1.54) is 17.8 Å². The Morgan fingerprint density at radius 3 is 2.55 bits per heavy atom. The predicted molar refractivity (Wildman–Crippen MR) is 169 cm³/mol. The van der Waals surface area contributed by atoms with Crippen LogP contribution >= 0.6 is 7.75 Å². The fourth-order valence-electron chi connectivity index (χ4n) is 5.78. The van der Waals surface area contributed by atoms with E-state index in [1.807, 2.05) is 12.1 Å². The van der Waals surface area contributed by atoms with Crippen LogP contribution in [-0.2, 0) is 43.8 Å². The number of aromatic nitrogens is 3. The van der Waals surface area contributed by atoms with Gasteiger partial charge in [-0.25, -0.2) is 14.1 Å². The molecule has 3 aliphatic rings. The summed E-state index contributed by atoms with van der Waals surface area (Å²) in [6, 6.07) is 11.8. The Bertz CT molecular complexity index is 1730. The molecule has 2 saturated heterocycles. The first kappa shape index (κ1) is 33.3. The molecule has 14 nitrogen and oxygen atoms in total. The molecule has 3 aromatic rings. The van der Waals surface area contributed by atoms with Crippen LogP contribution in [-0.4, -0.2) is 63.9 Å². The van der Waals surface area contributed by atoms with Crippen molar-refractivity contribution in [3.8, 4) is 11.8 Å². The Morgan fingerprint density at radius 1 is 1.17 bits per heavy atom. The minimum absolute atomic E-state index is 0.111. The number of carbonyl (C=O) groups excluding carboxylic acids is 1. The van der Waals surface area contributed by atoms with E-state index in [4.69, 9.17) is 33.7 Å². The zero-order chi connectivity index (χ0) is 33.8. The molecule has 4 heterocycles. The molecular formula is C32H41N6O8P. The van der Waals surface area contributed by atoms with Crippen molar-refractivity contribution < 1.29 is 37.4 Å². The number of anilines is 1. The van der Waals surface area contributed by atoms with Gasteiger partial charge in [-0.1, -0.05) is 32.9 Å². The molecule has 3 N–H and O–H groups in total. The Kier molecular flexibility index (Phi) is 8.62. The second kappa shape index (κ2) is 12.1.